The second-order valence-electron chi connectivity index (χ2n) is 10.7. The monoisotopic (exact) mass is 548 g/mol. The second kappa shape index (κ2) is 11.1. The summed E-state index contributed by atoms with van der Waals surface area (Å²) >= 11 is 0. The Labute approximate surface area is 230 Å². The highest BCUT2D eigenvalue weighted by Crippen LogP contribution is 2.32. The van der Waals surface area contributed by atoms with E-state index >= 15 is 0 Å². The third kappa shape index (κ3) is 5.87. The zero-order valence-electron chi connectivity index (χ0n) is 22.8. The van der Waals surface area contributed by atoms with Gasteiger partial charge in [0.25, 0.3) is 0 Å². The highest BCUT2D eigenvalue weighted by atomic mass is 32.2. The Balaban J connectivity index is 1.31. The van der Waals surface area contributed by atoms with Gasteiger partial charge >= 0.3 is 0 Å². The number of para-hydroxylation sites is 1. The van der Waals surface area contributed by atoms with Crippen molar-refractivity contribution in [2.24, 2.45) is 0 Å². The molecule has 10 heteroatoms. The maximum atomic E-state index is 12.3. The van der Waals surface area contributed by atoms with Crippen LogP contribution in [0.3, 0.4) is 0 Å². The van der Waals surface area contributed by atoms with Crippen LogP contribution in [-0.2, 0) is 29.5 Å². The summed E-state index contributed by atoms with van der Waals surface area (Å²) in [6, 6.07) is 16.2. The quantitative estimate of drug-likeness (QED) is 0.484. The number of fused-ring (bicyclic) bond motifs is 1. The molecule has 0 aliphatic carbocycles. The highest BCUT2D eigenvalue weighted by Gasteiger charge is 2.31. The van der Waals surface area contributed by atoms with Gasteiger partial charge in [0.2, 0.25) is 10.0 Å². The summed E-state index contributed by atoms with van der Waals surface area (Å²) in [4.78, 5) is 4.48. The SMILES string of the molecule is Cc1ccc(-c2nn(CC(O)CN3CCN(c4ccccc4C#N)CC3)c3c2CN(S(C)(=O)=O)CC3)cc1C. The molecule has 1 aromatic heterocycles. The Bertz CT molecular complexity index is 1500. The lowest BCUT2D eigenvalue weighted by molar-refractivity contribution is 0.0911. The fourth-order valence-electron chi connectivity index (χ4n) is 5.59. The number of aryl methyl sites for hydroxylation is 2. The van der Waals surface area contributed by atoms with Gasteiger partial charge in [-0.05, 0) is 43.2 Å². The maximum absolute atomic E-state index is 12.3. The molecule has 9 nitrogen and oxygen atoms in total. The number of aliphatic hydroxyl groups is 1. The number of aliphatic hydroxyl groups excluding tert-OH is 1. The predicted molar refractivity (Wildman–Crippen MR) is 152 cm³/mol. The van der Waals surface area contributed by atoms with E-state index in [2.05, 4.69) is 41.8 Å². The molecule has 0 amide bonds. The first-order valence-corrected chi connectivity index (χ1v) is 15.2. The van der Waals surface area contributed by atoms with E-state index in [0.717, 1.165) is 59.9 Å². The number of anilines is 1. The van der Waals surface area contributed by atoms with Gasteiger partial charge in [-0.3, -0.25) is 9.58 Å². The molecule has 2 aliphatic rings. The smallest absolute Gasteiger partial charge is 0.211 e. The number of hydrogen-bond donors (Lipinski definition) is 1. The summed E-state index contributed by atoms with van der Waals surface area (Å²) in [5.41, 5.74) is 7.67. The van der Waals surface area contributed by atoms with Crippen LogP contribution >= 0.6 is 0 Å². The molecular formula is C29H36N6O3S. The number of piperazine rings is 1. The van der Waals surface area contributed by atoms with Crippen LogP contribution in [0.25, 0.3) is 11.3 Å². The van der Waals surface area contributed by atoms with Crippen LogP contribution in [0.1, 0.15) is 27.9 Å². The molecule has 2 aromatic carbocycles. The number of nitriles is 1. The molecule has 206 valence electrons. The Kier molecular flexibility index (Phi) is 7.78. The van der Waals surface area contributed by atoms with Crippen LogP contribution in [-0.4, -0.2) is 84.1 Å². The maximum Gasteiger partial charge on any atom is 0.211 e. The summed E-state index contributed by atoms with van der Waals surface area (Å²) in [5, 5.41) is 25.5. The van der Waals surface area contributed by atoms with E-state index in [1.807, 2.05) is 35.0 Å². The number of benzene rings is 2. The molecule has 3 aromatic rings. The van der Waals surface area contributed by atoms with Gasteiger partial charge in [0, 0.05) is 69.1 Å². The summed E-state index contributed by atoms with van der Waals surface area (Å²) in [6.45, 7) is 8.88. The van der Waals surface area contributed by atoms with Gasteiger partial charge in [0.15, 0.2) is 0 Å². The largest absolute Gasteiger partial charge is 0.390 e. The van der Waals surface area contributed by atoms with E-state index in [4.69, 9.17) is 5.10 Å². The van der Waals surface area contributed by atoms with Crippen molar-refractivity contribution in [3.8, 4) is 17.3 Å². The average molecular weight is 549 g/mol. The molecule has 0 spiro atoms. The van der Waals surface area contributed by atoms with E-state index in [1.54, 1.807) is 0 Å². The third-order valence-electron chi connectivity index (χ3n) is 7.94. The normalized spacial score (nSPS) is 17.6. The molecule has 2 aliphatic heterocycles. The predicted octanol–water partition coefficient (Wildman–Crippen LogP) is 2.54. The second-order valence-corrected chi connectivity index (χ2v) is 12.7. The highest BCUT2D eigenvalue weighted by molar-refractivity contribution is 7.88. The van der Waals surface area contributed by atoms with Crippen LogP contribution in [0.4, 0.5) is 5.69 Å². The molecule has 3 heterocycles. The molecule has 0 saturated carbocycles. The van der Waals surface area contributed by atoms with E-state index in [1.165, 1.54) is 16.1 Å². The average Bonchev–Trinajstić information content (AvgIpc) is 3.27. The fourth-order valence-corrected chi connectivity index (χ4v) is 6.38. The summed E-state index contributed by atoms with van der Waals surface area (Å²) in [7, 11) is -3.33. The van der Waals surface area contributed by atoms with Crippen molar-refractivity contribution >= 4 is 15.7 Å². The fraction of sp³-hybridized carbons (Fsp3) is 0.448. The Morgan fingerprint density at radius 2 is 1.77 bits per heavy atom. The number of sulfonamides is 1. The third-order valence-corrected chi connectivity index (χ3v) is 9.19. The Hall–Kier alpha value is -3.23. The number of hydrogen-bond acceptors (Lipinski definition) is 7. The van der Waals surface area contributed by atoms with Crippen molar-refractivity contribution in [2.75, 3.05) is 50.4 Å². The standard InChI is InChI=1S/C29H36N6O3S/c1-21-8-9-23(16-22(21)2)29-26-20-34(39(3,37)38)11-10-28(26)35(31-29)19-25(36)18-32-12-14-33(15-13-32)27-7-5-4-6-24(27)17-30/h4-9,16,25,36H,10-15,18-20H2,1-3H3. The topological polar surface area (TPSA) is 106 Å². The lowest BCUT2D eigenvalue weighted by Gasteiger charge is -2.37. The number of β-amino-alcohol motifs (C(OH)–C–C–N with tert-alkyl or cyclic N) is 1. The first-order chi connectivity index (χ1) is 18.6. The van der Waals surface area contributed by atoms with Gasteiger partial charge in [-0.15, -0.1) is 0 Å². The number of nitrogens with zero attached hydrogens (tertiary/aromatic N) is 6. The van der Waals surface area contributed by atoms with Gasteiger partial charge in [-0.25, -0.2) is 8.42 Å². The van der Waals surface area contributed by atoms with Crippen LogP contribution in [0.15, 0.2) is 42.5 Å². The van der Waals surface area contributed by atoms with E-state index in [9.17, 15) is 18.8 Å². The summed E-state index contributed by atoms with van der Waals surface area (Å²) in [6.07, 6.45) is 1.19. The zero-order chi connectivity index (χ0) is 27.7. The van der Waals surface area contributed by atoms with Gasteiger partial charge in [-0.1, -0.05) is 24.3 Å². The lowest BCUT2D eigenvalue weighted by atomic mass is 9.99. The van der Waals surface area contributed by atoms with Crippen molar-refractivity contribution in [2.45, 2.75) is 39.5 Å². The first-order valence-electron chi connectivity index (χ1n) is 13.4. The van der Waals surface area contributed by atoms with Crippen molar-refractivity contribution in [3.05, 3.63) is 70.4 Å². The van der Waals surface area contributed by atoms with Gasteiger partial charge in [-0.2, -0.15) is 14.7 Å². The van der Waals surface area contributed by atoms with E-state index in [0.29, 0.717) is 38.2 Å². The van der Waals surface area contributed by atoms with Crippen molar-refractivity contribution in [1.29, 1.82) is 5.26 Å². The van der Waals surface area contributed by atoms with Crippen LogP contribution in [0, 0.1) is 25.2 Å². The van der Waals surface area contributed by atoms with Gasteiger partial charge in [0.05, 0.1) is 35.8 Å². The van der Waals surface area contributed by atoms with Crippen LogP contribution < -0.4 is 4.90 Å². The zero-order valence-corrected chi connectivity index (χ0v) is 23.7. The number of rotatable bonds is 7. The van der Waals surface area contributed by atoms with E-state index < -0.39 is 16.1 Å². The molecule has 5 rings (SSSR count). The lowest BCUT2D eigenvalue weighted by Crippen LogP contribution is -2.49. The molecule has 1 saturated heterocycles. The molecule has 0 radical (unpaired) electrons. The number of aromatic nitrogens is 2. The van der Waals surface area contributed by atoms with Crippen molar-refractivity contribution < 1.29 is 13.5 Å². The molecule has 1 fully saturated rings. The van der Waals surface area contributed by atoms with E-state index in [-0.39, 0.29) is 0 Å². The van der Waals surface area contributed by atoms with Gasteiger partial charge < -0.3 is 10.0 Å². The molecule has 1 unspecified atom stereocenters. The molecular weight excluding hydrogens is 512 g/mol. The minimum Gasteiger partial charge on any atom is -0.390 e. The van der Waals surface area contributed by atoms with Crippen molar-refractivity contribution in [1.82, 2.24) is 19.0 Å². The van der Waals surface area contributed by atoms with Crippen molar-refractivity contribution in [3.63, 3.8) is 0 Å². The molecule has 1 atom stereocenters. The molecule has 0 bridgehead atoms. The van der Waals surface area contributed by atoms with Gasteiger partial charge in [0.1, 0.15) is 6.07 Å². The summed E-state index contributed by atoms with van der Waals surface area (Å²) < 4.78 is 28.1. The minimum atomic E-state index is -3.33. The Morgan fingerprint density at radius 3 is 2.46 bits per heavy atom. The first kappa shape index (κ1) is 27.3. The van der Waals surface area contributed by atoms with Crippen LogP contribution in [0.2, 0.25) is 0 Å². The summed E-state index contributed by atoms with van der Waals surface area (Å²) in [5.74, 6) is 0. The minimum absolute atomic E-state index is 0.290. The van der Waals surface area contributed by atoms with Crippen LogP contribution in [0.5, 0.6) is 0 Å². The Morgan fingerprint density at radius 1 is 1.03 bits per heavy atom. The molecule has 39 heavy (non-hydrogen) atoms. The molecule has 1 N–H and O–H groups in total.